The monoisotopic (exact) mass is 230 g/mol. The van der Waals surface area contributed by atoms with Gasteiger partial charge in [-0.25, -0.2) is 9.78 Å². The average Bonchev–Trinajstić information content (AvgIpc) is 2.38. The lowest BCUT2D eigenvalue weighted by Crippen LogP contribution is -2.01. The zero-order chi connectivity index (χ0) is 12.5. The van der Waals surface area contributed by atoms with E-state index in [4.69, 9.17) is 5.53 Å². The van der Waals surface area contributed by atoms with Crippen LogP contribution in [0.5, 0.6) is 0 Å². The topological polar surface area (TPSA) is 88.0 Å². The third-order valence-corrected chi connectivity index (χ3v) is 1.80. The molecule has 1 aromatic rings. The van der Waals surface area contributed by atoms with Crippen LogP contribution in [0.2, 0.25) is 0 Å². The summed E-state index contributed by atoms with van der Waals surface area (Å²) < 4.78 is 4.58. The summed E-state index contributed by atoms with van der Waals surface area (Å²) in [5.74, 6) is 5.14. The maximum Gasteiger partial charge on any atom is 0.338 e. The number of ether oxygens (including phenoxy) is 1. The fourth-order valence-electron chi connectivity index (χ4n) is 1.05. The van der Waals surface area contributed by atoms with Crippen molar-refractivity contribution >= 4 is 5.97 Å². The Bertz CT molecular complexity index is 510. The normalized spacial score (nSPS) is 8.53. The summed E-state index contributed by atoms with van der Waals surface area (Å²) in [6.07, 6.45) is 1.94. The molecule has 0 fully saturated rings. The molecule has 0 atom stereocenters. The molecule has 0 radical (unpaired) electrons. The predicted octanol–water partition coefficient (Wildman–Crippen LogP) is 1.92. The molecule has 0 unspecified atom stereocenters. The van der Waals surface area contributed by atoms with Gasteiger partial charge in [0.1, 0.15) is 5.69 Å². The van der Waals surface area contributed by atoms with Crippen LogP contribution in [0, 0.1) is 11.8 Å². The molecule has 86 valence electrons. The Morgan fingerprint density at radius 1 is 1.71 bits per heavy atom. The number of nitrogens with zero attached hydrogens (tertiary/aromatic N) is 4. The third-order valence-electron chi connectivity index (χ3n) is 1.80. The Morgan fingerprint density at radius 2 is 2.53 bits per heavy atom. The number of carbonyl (C=O) groups excluding carboxylic acids is 1. The van der Waals surface area contributed by atoms with E-state index in [1.807, 2.05) is 0 Å². The first kappa shape index (κ1) is 12.6. The quantitative estimate of drug-likeness (QED) is 0.198. The van der Waals surface area contributed by atoms with E-state index < -0.39 is 5.97 Å². The lowest BCUT2D eigenvalue weighted by atomic mass is 10.2. The van der Waals surface area contributed by atoms with Crippen molar-refractivity contribution in [1.29, 1.82) is 0 Å². The smallest absolute Gasteiger partial charge is 0.338 e. The number of hydrogen-bond acceptors (Lipinski definition) is 4. The summed E-state index contributed by atoms with van der Waals surface area (Å²) in [5, 5.41) is 3.35. The molecule has 1 heterocycles. The molecule has 0 aliphatic rings. The standard InChI is InChI=1S/C11H10N4O2/c1-17-11(16)9-5-7-13-10(8-9)4-2-3-6-14-15-12/h5,7-8H,3,6H2,1H3. The fraction of sp³-hybridized carbons (Fsp3) is 0.273. The second-order valence-electron chi connectivity index (χ2n) is 2.93. The van der Waals surface area contributed by atoms with E-state index in [-0.39, 0.29) is 0 Å². The number of carbonyl (C=O) groups is 1. The molecule has 0 bridgehead atoms. The van der Waals surface area contributed by atoms with Crippen molar-refractivity contribution in [3.63, 3.8) is 0 Å². The van der Waals surface area contributed by atoms with Crippen molar-refractivity contribution < 1.29 is 9.53 Å². The van der Waals surface area contributed by atoms with Gasteiger partial charge in [0.15, 0.2) is 0 Å². The largest absolute Gasteiger partial charge is 0.465 e. The van der Waals surface area contributed by atoms with Crippen LogP contribution in [0.3, 0.4) is 0 Å². The van der Waals surface area contributed by atoms with E-state index in [2.05, 4.69) is 31.6 Å². The van der Waals surface area contributed by atoms with Crippen molar-refractivity contribution in [1.82, 2.24) is 4.98 Å². The summed E-state index contributed by atoms with van der Waals surface area (Å²) in [6, 6.07) is 3.10. The van der Waals surface area contributed by atoms with Gasteiger partial charge in [0.2, 0.25) is 0 Å². The van der Waals surface area contributed by atoms with Crippen LogP contribution >= 0.6 is 0 Å². The van der Waals surface area contributed by atoms with E-state index in [0.717, 1.165) is 0 Å². The van der Waals surface area contributed by atoms with Gasteiger partial charge in [-0.2, -0.15) is 0 Å². The molecule has 0 aliphatic carbocycles. The van der Waals surface area contributed by atoms with Gasteiger partial charge in [-0.1, -0.05) is 11.0 Å². The van der Waals surface area contributed by atoms with Crippen LogP contribution < -0.4 is 0 Å². The van der Waals surface area contributed by atoms with Crippen LogP contribution in [-0.4, -0.2) is 24.6 Å². The van der Waals surface area contributed by atoms with E-state index in [1.165, 1.54) is 13.3 Å². The number of azide groups is 1. The minimum absolute atomic E-state index is 0.320. The van der Waals surface area contributed by atoms with Crippen LogP contribution in [0.4, 0.5) is 0 Å². The van der Waals surface area contributed by atoms with Gasteiger partial charge in [0.25, 0.3) is 0 Å². The molecule has 0 amide bonds. The molecular weight excluding hydrogens is 220 g/mol. The molecule has 6 nitrogen and oxygen atoms in total. The number of aromatic nitrogens is 1. The molecule has 1 aromatic heterocycles. The second kappa shape index (κ2) is 6.88. The predicted molar refractivity (Wildman–Crippen MR) is 61.1 cm³/mol. The molecule has 1 rings (SSSR count). The molecule has 6 heteroatoms. The maximum absolute atomic E-state index is 11.2. The highest BCUT2D eigenvalue weighted by Gasteiger charge is 2.04. The van der Waals surface area contributed by atoms with Gasteiger partial charge in [0, 0.05) is 24.1 Å². The molecular formula is C11H10N4O2. The van der Waals surface area contributed by atoms with Gasteiger partial charge >= 0.3 is 5.97 Å². The minimum Gasteiger partial charge on any atom is -0.465 e. The van der Waals surface area contributed by atoms with Gasteiger partial charge < -0.3 is 4.74 Å². The first-order valence-corrected chi connectivity index (χ1v) is 4.82. The summed E-state index contributed by atoms with van der Waals surface area (Å²) in [4.78, 5) is 17.8. The Balaban J connectivity index is 2.71. The summed E-state index contributed by atoms with van der Waals surface area (Å²) >= 11 is 0. The Hall–Kier alpha value is -2.51. The molecule has 0 aliphatic heterocycles. The van der Waals surface area contributed by atoms with Gasteiger partial charge in [-0.3, -0.25) is 0 Å². The first-order chi connectivity index (χ1) is 8.27. The lowest BCUT2D eigenvalue weighted by molar-refractivity contribution is 0.0600. The number of esters is 1. The highest BCUT2D eigenvalue weighted by molar-refractivity contribution is 5.89. The number of methoxy groups -OCH3 is 1. The number of pyridine rings is 1. The van der Waals surface area contributed by atoms with E-state index in [9.17, 15) is 4.79 Å². The van der Waals surface area contributed by atoms with Crippen LogP contribution in [0.15, 0.2) is 23.4 Å². The third kappa shape index (κ3) is 4.24. The van der Waals surface area contributed by atoms with Crippen molar-refractivity contribution in [2.45, 2.75) is 6.42 Å². The highest BCUT2D eigenvalue weighted by Crippen LogP contribution is 2.02. The first-order valence-electron chi connectivity index (χ1n) is 4.82. The Labute approximate surface area is 98.2 Å². The molecule has 0 saturated heterocycles. The number of rotatable bonds is 3. The Morgan fingerprint density at radius 3 is 3.24 bits per heavy atom. The summed E-state index contributed by atoms with van der Waals surface area (Å²) in [7, 11) is 1.31. The second-order valence-corrected chi connectivity index (χ2v) is 2.93. The van der Waals surface area contributed by atoms with Crippen molar-refractivity contribution in [3.05, 3.63) is 40.0 Å². The van der Waals surface area contributed by atoms with Crippen molar-refractivity contribution in [3.8, 4) is 11.8 Å². The number of hydrogen-bond donors (Lipinski definition) is 0. The fourth-order valence-corrected chi connectivity index (χ4v) is 1.05. The molecule has 0 N–H and O–H groups in total. The van der Waals surface area contributed by atoms with Crippen LogP contribution in [-0.2, 0) is 4.74 Å². The zero-order valence-electron chi connectivity index (χ0n) is 9.25. The van der Waals surface area contributed by atoms with Crippen molar-refractivity contribution in [2.75, 3.05) is 13.7 Å². The van der Waals surface area contributed by atoms with E-state index >= 15 is 0 Å². The molecule has 0 saturated carbocycles. The summed E-state index contributed by atoms with van der Waals surface area (Å²) in [5.41, 5.74) is 8.94. The molecule has 0 aromatic carbocycles. The zero-order valence-corrected chi connectivity index (χ0v) is 9.25. The SMILES string of the molecule is COC(=O)c1ccnc(C#CCCN=[N+]=[N-])c1. The Kier molecular flexibility index (Phi) is 5.08. The highest BCUT2D eigenvalue weighted by atomic mass is 16.5. The van der Waals surface area contributed by atoms with E-state index in [1.54, 1.807) is 12.1 Å². The van der Waals surface area contributed by atoms with Gasteiger partial charge in [-0.15, -0.1) is 0 Å². The lowest BCUT2D eigenvalue weighted by Gasteiger charge is -1.97. The van der Waals surface area contributed by atoms with Gasteiger partial charge in [0.05, 0.1) is 12.7 Å². The van der Waals surface area contributed by atoms with Crippen molar-refractivity contribution in [2.24, 2.45) is 5.11 Å². The average molecular weight is 230 g/mol. The van der Waals surface area contributed by atoms with Crippen LogP contribution in [0.25, 0.3) is 10.4 Å². The molecule has 0 spiro atoms. The van der Waals surface area contributed by atoms with E-state index in [0.29, 0.717) is 24.2 Å². The minimum atomic E-state index is -0.426. The van der Waals surface area contributed by atoms with Gasteiger partial charge in [-0.05, 0) is 23.6 Å². The van der Waals surface area contributed by atoms with Crippen LogP contribution in [0.1, 0.15) is 22.5 Å². The maximum atomic E-state index is 11.2. The summed E-state index contributed by atoms with van der Waals surface area (Å²) in [6.45, 7) is 0.320. The molecule has 17 heavy (non-hydrogen) atoms.